The largest absolute Gasteiger partial charge is 0.493 e. The van der Waals surface area contributed by atoms with Crippen LogP contribution in [-0.4, -0.2) is 35.3 Å². The highest BCUT2D eigenvalue weighted by atomic mass is 35.5. The van der Waals surface area contributed by atoms with E-state index < -0.39 is 6.10 Å². The van der Waals surface area contributed by atoms with Crippen LogP contribution in [0.4, 0.5) is 0 Å². The van der Waals surface area contributed by atoms with E-state index in [4.69, 9.17) is 21.1 Å². The number of aryl methyl sites for hydroxylation is 2. The van der Waals surface area contributed by atoms with Gasteiger partial charge in [0.2, 0.25) is 0 Å². The average molecular weight is 423 g/mol. The van der Waals surface area contributed by atoms with Gasteiger partial charge in [-0.25, -0.2) is 0 Å². The van der Waals surface area contributed by atoms with E-state index in [0.717, 1.165) is 25.0 Å². The van der Waals surface area contributed by atoms with E-state index in [0.29, 0.717) is 19.4 Å². The van der Waals surface area contributed by atoms with Gasteiger partial charge >= 0.3 is 5.97 Å². The molecule has 0 aliphatic heterocycles. The number of hydrogen-bond donors (Lipinski definition) is 1. The van der Waals surface area contributed by atoms with Gasteiger partial charge in [-0.1, -0.05) is 18.2 Å². The first-order valence-corrected chi connectivity index (χ1v) is 11.1. The van der Waals surface area contributed by atoms with E-state index in [1.165, 1.54) is 11.1 Å². The molecule has 4 nitrogen and oxygen atoms in total. The monoisotopic (exact) mass is 422 g/mol. The van der Waals surface area contributed by atoms with E-state index in [2.05, 4.69) is 32.1 Å². The molecule has 0 radical (unpaired) electrons. The van der Waals surface area contributed by atoms with Crippen LogP contribution in [0.1, 0.15) is 57.1 Å². The van der Waals surface area contributed by atoms with Crippen LogP contribution in [-0.2, 0) is 9.53 Å². The molecule has 1 aliphatic rings. The molecule has 1 aromatic rings. The summed E-state index contributed by atoms with van der Waals surface area (Å²) in [6, 6.07) is 6.15. The molecule has 0 heterocycles. The molecule has 0 bridgehead atoms. The lowest BCUT2D eigenvalue weighted by atomic mass is 9.92. The minimum absolute atomic E-state index is 0.0176. The highest BCUT2D eigenvalue weighted by Gasteiger charge is 2.41. The van der Waals surface area contributed by atoms with Gasteiger partial charge in [0.05, 0.1) is 18.8 Å². The summed E-state index contributed by atoms with van der Waals surface area (Å²) in [7, 11) is 0. The van der Waals surface area contributed by atoms with E-state index in [-0.39, 0.29) is 29.3 Å². The topological polar surface area (TPSA) is 55.8 Å². The lowest BCUT2D eigenvalue weighted by molar-refractivity contribution is -0.147. The van der Waals surface area contributed by atoms with E-state index in [1.54, 1.807) is 0 Å². The standard InChI is InChI=1S/C24H35ClO4/c1-16(2)29-24(27)10-8-6-5-7-9-20-21(23(26)14-22(20)25)15-28-19-12-17(3)11-18(4)13-19/h5,7,11-13,16,20-23,26H,6,8-10,14-15H2,1-4H3/b7-5-/t20-,21-,22-,23-/m1/s1. The number of aliphatic hydroxyl groups excluding tert-OH is 1. The normalized spacial score (nSPS) is 24.4. The zero-order valence-electron chi connectivity index (χ0n) is 18.1. The van der Waals surface area contributed by atoms with Crippen LogP contribution in [0.2, 0.25) is 0 Å². The number of esters is 1. The van der Waals surface area contributed by atoms with Crippen molar-refractivity contribution in [3.05, 3.63) is 41.5 Å². The number of unbranched alkanes of at least 4 members (excludes halogenated alkanes) is 1. The van der Waals surface area contributed by atoms with Crippen molar-refractivity contribution in [1.82, 2.24) is 0 Å². The highest BCUT2D eigenvalue weighted by Crippen LogP contribution is 2.39. The van der Waals surface area contributed by atoms with E-state index >= 15 is 0 Å². The third-order valence-electron chi connectivity index (χ3n) is 5.31. The van der Waals surface area contributed by atoms with Crippen LogP contribution in [0.5, 0.6) is 5.75 Å². The van der Waals surface area contributed by atoms with Gasteiger partial charge in [0.25, 0.3) is 0 Å². The van der Waals surface area contributed by atoms with Crippen LogP contribution in [0.15, 0.2) is 30.4 Å². The molecule has 0 amide bonds. The Kier molecular flexibility index (Phi) is 9.51. The fraction of sp³-hybridized carbons (Fsp3) is 0.625. The highest BCUT2D eigenvalue weighted by molar-refractivity contribution is 6.21. The molecule has 5 heteroatoms. The second-order valence-electron chi connectivity index (χ2n) is 8.42. The number of carbonyl (C=O) groups is 1. The quantitative estimate of drug-likeness (QED) is 0.239. The number of carbonyl (C=O) groups excluding carboxylic acids is 1. The second kappa shape index (κ2) is 11.6. The molecule has 1 fully saturated rings. The first kappa shape index (κ1) is 23.8. The molecular formula is C24H35ClO4. The zero-order valence-corrected chi connectivity index (χ0v) is 18.8. The Labute approximate surface area is 180 Å². The number of halogens is 1. The second-order valence-corrected chi connectivity index (χ2v) is 8.98. The van der Waals surface area contributed by atoms with Gasteiger partial charge in [0, 0.05) is 17.7 Å². The molecule has 162 valence electrons. The zero-order chi connectivity index (χ0) is 21.4. The van der Waals surface area contributed by atoms with Gasteiger partial charge in [0.1, 0.15) is 5.75 Å². The molecular weight excluding hydrogens is 388 g/mol. The van der Waals surface area contributed by atoms with Crippen molar-refractivity contribution in [1.29, 1.82) is 0 Å². The number of ether oxygens (including phenoxy) is 2. The van der Waals surface area contributed by atoms with E-state index in [1.807, 2.05) is 26.0 Å². The van der Waals surface area contributed by atoms with Crippen molar-refractivity contribution in [2.45, 2.75) is 77.4 Å². The number of rotatable bonds is 10. The molecule has 29 heavy (non-hydrogen) atoms. The van der Waals surface area contributed by atoms with Crippen LogP contribution in [0.3, 0.4) is 0 Å². The van der Waals surface area contributed by atoms with Crippen LogP contribution >= 0.6 is 11.6 Å². The van der Waals surface area contributed by atoms with Gasteiger partial charge < -0.3 is 14.6 Å². The van der Waals surface area contributed by atoms with Crippen molar-refractivity contribution >= 4 is 17.6 Å². The van der Waals surface area contributed by atoms with Gasteiger partial charge in [0.15, 0.2) is 0 Å². The Morgan fingerprint density at radius 1 is 1.21 bits per heavy atom. The summed E-state index contributed by atoms with van der Waals surface area (Å²) in [5.74, 6) is 0.899. The van der Waals surface area contributed by atoms with Crippen molar-refractivity contribution in [3.8, 4) is 5.75 Å². The third-order valence-corrected chi connectivity index (χ3v) is 5.81. The van der Waals surface area contributed by atoms with Crippen LogP contribution < -0.4 is 4.74 Å². The van der Waals surface area contributed by atoms with Crippen molar-refractivity contribution in [3.63, 3.8) is 0 Å². The molecule has 1 aromatic carbocycles. The number of alkyl halides is 1. The summed E-state index contributed by atoms with van der Waals surface area (Å²) in [6.45, 7) is 8.28. The van der Waals surface area contributed by atoms with Crippen LogP contribution in [0.25, 0.3) is 0 Å². The van der Waals surface area contributed by atoms with Gasteiger partial charge in [-0.2, -0.15) is 0 Å². The predicted molar refractivity (Wildman–Crippen MR) is 117 cm³/mol. The Morgan fingerprint density at radius 3 is 2.55 bits per heavy atom. The average Bonchev–Trinajstić information content (AvgIpc) is 2.87. The summed E-state index contributed by atoms with van der Waals surface area (Å²) >= 11 is 6.52. The first-order chi connectivity index (χ1) is 13.8. The van der Waals surface area contributed by atoms with Gasteiger partial charge in [-0.15, -0.1) is 11.6 Å². The van der Waals surface area contributed by atoms with Crippen LogP contribution in [0, 0.1) is 25.7 Å². The summed E-state index contributed by atoms with van der Waals surface area (Å²) in [5.41, 5.74) is 2.33. The number of benzene rings is 1. The minimum atomic E-state index is -0.437. The Bertz CT molecular complexity index is 665. The SMILES string of the molecule is Cc1cc(C)cc(OC[C@@H]2[C@@H](C/C=C\CCCC(=O)OC(C)C)[C@H](Cl)C[C@H]2O)c1. The minimum Gasteiger partial charge on any atom is -0.493 e. The first-order valence-electron chi connectivity index (χ1n) is 10.6. The summed E-state index contributed by atoms with van der Waals surface area (Å²) in [5, 5.41) is 10.4. The molecule has 4 atom stereocenters. The lowest BCUT2D eigenvalue weighted by Crippen LogP contribution is -2.27. The molecule has 2 rings (SSSR count). The number of aliphatic hydroxyl groups is 1. The van der Waals surface area contributed by atoms with Gasteiger partial charge in [-0.3, -0.25) is 4.79 Å². The van der Waals surface area contributed by atoms with Crippen molar-refractivity contribution < 1.29 is 19.4 Å². The Morgan fingerprint density at radius 2 is 1.90 bits per heavy atom. The molecule has 0 saturated heterocycles. The summed E-state index contributed by atoms with van der Waals surface area (Å²) in [4.78, 5) is 11.5. The number of allylic oxidation sites excluding steroid dienone is 2. The third kappa shape index (κ3) is 8.02. The summed E-state index contributed by atoms with van der Waals surface area (Å²) < 4.78 is 11.1. The molecule has 1 aliphatic carbocycles. The maximum absolute atomic E-state index is 11.5. The van der Waals surface area contributed by atoms with Gasteiger partial charge in [-0.05, 0) is 82.6 Å². The Hall–Kier alpha value is -1.52. The fourth-order valence-electron chi connectivity index (χ4n) is 3.96. The van der Waals surface area contributed by atoms with Crippen molar-refractivity contribution in [2.24, 2.45) is 11.8 Å². The predicted octanol–water partition coefficient (Wildman–Crippen LogP) is 5.35. The molecule has 1 saturated carbocycles. The molecule has 0 spiro atoms. The Balaban J connectivity index is 1.80. The maximum Gasteiger partial charge on any atom is 0.306 e. The lowest BCUT2D eigenvalue weighted by Gasteiger charge is -2.23. The summed E-state index contributed by atoms with van der Waals surface area (Å²) in [6.07, 6.45) is 7.18. The van der Waals surface area contributed by atoms with Crippen molar-refractivity contribution in [2.75, 3.05) is 6.61 Å². The smallest absolute Gasteiger partial charge is 0.306 e. The fourth-order valence-corrected chi connectivity index (χ4v) is 4.43. The molecule has 0 unspecified atom stereocenters. The maximum atomic E-state index is 11.5. The number of hydrogen-bond acceptors (Lipinski definition) is 4. The molecule has 0 aromatic heterocycles. The molecule has 1 N–H and O–H groups in total. The van der Waals surface area contributed by atoms with E-state index in [9.17, 15) is 9.90 Å².